The fourth-order valence-electron chi connectivity index (χ4n) is 1.96. The second-order valence-electron chi connectivity index (χ2n) is 4.33. The smallest absolute Gasteiger partial charge is 0.240 e. The fourth-order valence-corrected chi connectivity index (χ4v) is 2.69. The number of nitrogen functional groups attached to an aromatic ring is 1. The number of benzene rings is 1. The molecule has 0 unspecified atom stereocenters. The summed E-state index contributed by atoms with van der Waals surface area (Å²) in [7, 11) is -3.78. The van der Waals surface area contributed by atoms with Crippen molar-refractivity contribution < 1.29 is 13.2 Å². The van der Waals surface area contributed by atoms with Gasteiger partial charge in [-0.1, -0.05) is 0 Å². The Bertz CT molecular complexity index is 524. The average molecular weight is 271 g/mol. The van der Waals surface area contributed by atoms with Crippen LogP contribution in [0, 0.1) is 0 Å². The van der Waals surface area contributed by atoms with Gasteiger partial charge in [0.25, 0.3) is 0 Å². The SMILES string of the molecule is Nc1ccc(NC2CCOCC2)c(S(N)(=O)=O)c1. The van der Waals surface area contributed by atoms with E-state index >= 15 is 0 Å². The number of hydrogen-bond acceptors (Lipinski definition) is 5. The first-order chi connectivity index (χ1) is 8.47. The van der Waals surface area contributed by atoms with Gasteiger partial charge >= 0.3 is 0 Å². The molecular weight excluding hydrogens is 254 g/mol. The van der Waals surface area contributed by atoms with E-state index in [9.17, 15) is 8.42 Å². The van der Waals surface area contributed by atoms with Crippen LogP contribution in [0.5, 0.6) is 0 Å². The van der Waals surface area contributed by atoms with Gasteiger partial charge in [-0.15, -0.1) is 0 Å². The van der Waals surface area contributed by atoms with Crippen molar-refractivity contribution in [3.05, 3.63) is 18.2 Å². The summed E-state index contributed by atoms with van der Waals surface area (Å²) >= 11 is 0. The van der Waals surface area contributed by atoms with E-state index in [1.54, 1.807) is 12.1 Å². The van der Waals surface area contributed by atoms with Crippen molar-refractivity contribution in [3.8, 4) is 0 Å². The Labute approximate surface area is 106 Å². The van der Waals surface area contributed by atoms with E-state index in [0.717, 1.165) is 12.8 Å². The highest BCUT2D eigenvalue weighted by molar-refractivity contribution is 7.89. The molecule has 7 heteroatoms. The lowest BCUT2D eigenvalue weighted by atomic mass is 10.1. The van der Waals surface area contributed by atoms with Gasteiger partial charge in [-0.3, -0.25) is 0 Å². The quantitative estimate of drug-likeness (QED) is 0.694. The predicted molar refractivity (Wildman–Crippen MR) is 69.7 cm³/mol. The van der Waals surface area contributed by atoms with E-state index in [0.29, 0.717) is 24.6 Å². The van der Waals surface area contributed by atoms with Crippen molar-refractivity contribution in [2.45, 2.75) is 23.8 Å². The van der Waals surface area contributed by atoms with Gasteiger partial charge in [0.1, 0.15) is 4.90 Å². The molecule has 100 valence electrons. The molecule has 1 saturated heterocycles. The van der Waals surface area contributed by atoms with E-state index in [2.05, 4.69) is 5.32 Å². The van der Waals surface area contributed by atoms with E-state index in [1.807, 2.05) is 0 Å². The number of sulfonamides is 1. The third-order valence-electron chi connectivity index (χ3n) is 2.89. The van der Waals surface area contributed by atoms with Gasteiger partial charge in [0.15, 0.2) is 0 Å². The minimum atomic E-state index is -3.78. The minimum absolute atomic E-state index is 0.0361. The Morgan fingerprint density at radius 3 is 2.56 bits per heavy atom. The van der Waals surface area contributed by atoms with Crippen molar-refractivity contribution in [3.63, 3.8) is 0 Å². The van der Waals surface area contributed by atoms with Crippen molar-refractivity contribution in [2.75, 3.05) is 24.3 Å². The molecule has 1 aromatic rings. The lowest BCUT2D eigenvalue weighted by Gasteiger charge is -2.25. The lowest BCUT2D eigenvalue weighted by molar-refractivity contribution is 0.0904. The van der Waals surface area contributed by atoms with Gasteiger partial charge in [0.2, 0.25) is 10.0 Å². The first-order valence-corrected chi connectivity index (χ1v) is 7.28. The van der Waals surface area contributed by atoms with Crippen molar-refractivity contribution >= 4 is 21.4 Å². The molecule has 0 aliphatic carbocycles. The van der Waals surface area contributed by atoms with Crippen molar-refractivity contribution in [2.24, 2.45) is 5.14 Å². The van der Waals surface area contributed by atoms with Gasteiger partial charge in [0, 0.05) is 24.9 Å². The number of nitrogens with one attached hydrogen (secondary N) is 1. The summed E-state index contributed by atoms with van der Waals surface area (Å²) in [4.78, 5) is 0.0361. The zero-order valence-corrected chi connectivity index (χ0v) is 10.7. The molecular formula is C11H17N3O3S. The highest BCUT2D eigenvalue weighted by Crippen LogP contribution is 2.25. The van der Waals surface area contributed by atoms with Crippen LogP contribution in [0.4, 0.5) is 11.4 Å². The largest absolute Gasteiger partial charge is 0.399 e. The molecule has 6 nitrogen and oxygen atoms in total. The number of hydrogen-bond donors (Lipinski definition) is 3. The normalized spacial score (nSPS) is 17.6. The van der Waals surface area contributed by atoms with Crippen molar-refractivity contribution in [1.82, 2.24) is 0 Å². The maximum atomic E-state index is 11.5. The van der Waals surface area contributed by atoms with E-state index in [1.165, 1.54) is 6.07 Å². The number of primary sulfonamides is 1. The maximum Gasteiger partial charge on any atom is 0.240 e. The second kappa shape index (κ2) is 5.13. The first-order valence-electron chi connectivity index (χ1n) is 5.73. The Morgan fingerprint density at radius 1 is 1.28 bits per heavy atom. The number of anilines is 2. The fraction of sp³-hybridized carbons (Fsp3) is 0.455. The van der Waals surface area contributed by atoms with Crippen LogP contribution in [0.25, 0.3) is 0 Å². The summed E-state index contributed by atoms with van der Waals surface area (Å²) in [6.45, 7) is 1.36. The summed E-state index contributed by atoms with van der Waals surface area (Å²) in [6.07, 6.45) is 1.68. The van der Waals surface area contributed by atoms with Crippen LogP contribution in [-0.4, -0.2) is 27.7 Å². The van der Waals surface area contributed by atoms with E-state index < -0.39 is 10.0 Å². The van der Waals surface area contributed by atoms with Gasteiger partial charge in [-0.2, -0.15) is 0 Å². The van der Waals surface area contributed by atoms with Gasteiger partial charge in [-0.05, 0) is 31.0 Å². The predicted octanol–water partition coefficient (Wildman–Crippen LogP) is 0.507. The first kappa shape index (κ1) is 13.1. The minimum Gasteiger partial charge on any atom is -0.399 e. The number of nitrogens with two attached hydrogens (primary N) is 2. The van der Waals surface area contributed by atoms with Gasteiger partial charge in [-0.25, -0.2) is 13.6 Å². The molecule has 18 heavy (non-hydrogen) atoms. The molecule has 1 fully saturated rings. The van der Waals surface area contributed by atoms with Crippen LogP contribution in [0.2, 0.25) is 0 Å². The molecule has 1 aliphatic rings. The molecule has 0 spiro atoms. The molecule has 0 bridgehead atoms. The van der Waals surface area contributed by atoms with Crippen LogP contribution in [0.1, 0.15) is 12.8 Å². The van der Waals surface area contributed by atoms with Gasteiger partial charge < -0.3 is 15.8 Å². The lowest BCUT2D eigenvalue weighted by Crippen LogP contribution is -2.29. The summed E-state index contributed by atoms with van der Waals surface area (Å²) in [5.41, 5.74) is 6.46. The molecule has 0 aromatic heterocycles. The van der Waals surface area contributed by atoms with E-state index in [-0.39, 0.29) is 10.9 Å². The number of rotatable bonds is 3. The zero-order chi connectivity index (χ0) is 13.2. The summed E-state index contributed by atoms with van der Waals surface area (Å²) < 4.78 is 28.3. The van der Waals surface area contributed by atoms with Crippen LogP contribution < -0.4 is 16.2 Å². The Balaban J connectivity index is 2.26. The molecule has 1 heterocycles. The molecule has 1 aliphatic heterocycles. The second-order valence-corrected chi connectivity index (χ2v) is 5.86. The maximum absolute atomic E-state index is 11.5. The Kier molecular flexibility index (Phi) is 3.74. The standard InChI is InChI=1S/C11H17N3O3S/c12-8-1-2-10(11(7-8)18(13,15)16)14-9-3-5-17-6-4-9/h1-2,7,9,14H,3-6,12H2,(H2,13,15,16). The van der Waals surface area contributed by atoms with Crippen molar-refractivity contribution in [1.29, 1.82) is 0 Å². The Hall–Kier alpha value is -1.31. The van der Waals surface area contributed by atoms with Crippen LogP contribution in [-0.2, 0) is 14.8 Å². The van der Waals surface area contributed by atoms with Gasteiger partial charge in [0.05, 0.1) is 5.69 Å². The third kappa shape index (κ3) is 3.12. The topological polar surface area (TPSA) is 107 Å². The highest BCUT2D eigenvalue weighted by atomic mass is 32.2. The van der Waals surface area contributed by atoms with E-state index in [4.69, 9.17) is 15.6 Å². The highest BCUT2D eigenvalue weighted by Gasteiger charge is 2.19. The summed E-state index contributed by atoms with van der Waals surface area (Å²) in [5, 5.41) is 8.37. The van der Waals surface area contributed by atoms with Crippen LogP contribution in [0.15, 0.2) is 23.1 Å². The molecule has 5 N–H and O–H groups in total. The van der Waals surface area contributed by atoms with Crippen LogP contribution >= 0.6 is 0 Å². The monoisotopic (exact) mass is 271 g/mol. The average Bonchev–Trinajstić information content (AvgIpc) is 2.31. The molecule has 0 radical (unpaired) electrons. The summed E-state index contributed by atoms with van der Waals surface area (Å²) in [6, 6.07) is 4.86. The van der Waals surface area contributed by atoms with Crippen LogP contribution in [0.3, 0.4) is 0 Å². The third-order valence-corrected chi connectivity index (χ3v) is 3.84. The Morgan fingerprint density at radius 2 is 1.94 bits per heavy atom. The number of ether oxygens (including phenoxy) is 1. The molecule has 2 rings (SSSR count). The molecule has 1 aromatic carbocycles. The summed E-state index contributed by atoms with van der Waals surface area (Å²) in [5.74, 6) is 0. The molecule has 0 saturated carbocycles. The molecule has 0 amide bonds. The molecule has 0 atom stereocenters. The zero-order valence-electron chi connectivity index (χ0n) is 9.93.